The molecule has 0 aromatic carbocycles. The van der Waals surface area contributed by atoms with Crippen molar-refractivity contribution in [3.63, 3.8) is 0 Å². The van der Waals surface area contributed by atoms with E-state index in [0.717, 1.165) is 6.92 Å². The van der Waals surface area contributed by atoms with Crippen LogP contribution in [0.4, 0.5) is 8.78 Å². The molecule has 0 aliphatic heterocycles. The number of carbonyl (C=O) groups is 1. The molecular weight excluding hydrogens is 204 g/mol. The van der Waals surface area contributed by atoms with Crippen LogP contribution in [-0.4, -0.2) is 16.1 Å². The van der Waals surface area contributed by atoms with E-state index in [4.69, 9.17) is 5.11 Å². The molecule has 0 aliphatic rings. The van der Waals surface area contributed by atoms with E-state index in [1.807, 2.05) is 0 Å². The van der Waals surface area contributed by atoms with Gasteiger partial charge in [0.05, 0.1) is 0 Å². The summed E-state index contributed by atoms with van der Waals surface area (Å²) in [5, 5.41) is 8.44. The fraction of sp³-hybridized carbons (Fsp3) is 0.400. The molecule has 0 fully saturated rings. The molecule has 1 aromatic rings. The van der Waals surface area contributed by atoms with Crippen molar-refractivity contribution in [1.29, 1.82) is 0 Å². The van der Waals surface area contributed by atoms with E-state index in [9.17, 15) is 13.6 Å². The van der Waals surface area contributed by atoms with Crippen LogP contribution in [0.25, 0.3) is 0 Å². The van der Waals surface area contributed by atoms with Crippen molar-refractivity contribution in [2.75, 3.05) is 0 Å². The molecule has 0 bridgehead atoms. The van der Waals surface area contributed by atoms with Crippen LogP contribution in [0.2, 0.25) is 0 Å². The lowest BCUT2D eigenvalue weighted by Crippen LogP contribution is -2.10. The maximum absolute atomic E-state index is 12.9. The van der Waals surface area contributed by atoms with Crippen LogP contribution < -0.4 is 0 Å². The monoisotopic (exact) mass is 215 g/mol. The van der Waals surface area contributed by atoms with Crippen LogP contribution in [0.3, 0.4) is 0 Å². The Kier molecular flexibility index (Phi) is 3.34. The van der Waals surface area contributed by atoms with Crippen molar-refractivity contribution in [3.05, 3.63) is 29.6 Å². The predicted octanol–water partition coefficient (Wildman–Crippen LogP) is 2.21. The van der Waals surface area contributed by atoms with Crippen molar-refractivity contribution < 1.29 is 18.7 Å². The van der Waals surface area contributed by atoms with Gasteiger partial charge in [-0.15, -0.1) is 0 Å². The number of hydrogen-bond donors (Lipinski definition) is 1. The maximum Gasteiger partial charge on any atom is 0.303 e. The van der Waals surface area contributed by atoms with Crippen molar-refractivity contribution in [2.45, 2.75) is 25.7 Å². The molecule has 0 saturated carbocycles. The topological polar surface area (TPSA) is 50.2 Å². The summed E-state index contributed by atoms with van der Waals surface area (Å²) in [7, 11) is 0. The molecule has 0 amide bonds. The smallest absolute Gasteiger partial charge is 0.303 e. The van der Waals surface area contributed by atoms with Gasteiger partial charge in [0.1, 0.15) is 5.69 Å². The number of hydrogen-bond acceptors (Lipinski definition) is 2. The largest absolute Gasteiger partial charge is 0.481 e. The molecule has 1 rings (SSSR count). The first kappa shape index (κ1) is 11.6. The standard InChI is InChI=1S/C10H11F2NO2/c1-10(11,12)8-6-7(4-5-13-8)2-3-9(14)15/h4-6H,2-3H2,1H3,(H,14,15). The molecule has 15 heavy (non-hydrogen) atoms. The summed E-state index contributed by atoms with van der Waals surface area (Å²) in [4.78, 5) is 13.8. The summed E-state index contributed by atoms with van der Waals surface area (Å²) in [5.41, 5.74) is 0.231. The third-order valence-electron chi connectivity index (χ3n) is 1.90. The van der Waals surface area contributed by atoms with Gasteiger partial charge in [0.15, 0.2) is 0 Å². The fourth-order valence-corrected chi connectivity index (χ4v) is 1.12. The summed E-state index contributed by atoms with van der Waals surface area (Å²) >= 11 is 0. The third-order valence-corrected chi connectivity index (χ3v) is 1.90. The fourth-order valence-electron chi connectivity index (χ4n) is 1.12. The van der Waals surface area contributed by atoms with E-state index in [0.29, 0.717) is 5.56 Å². The Balaban J connectivity index is 2.79. The third kappa shape index (κ3) is 3.61. The molecule has 1 aromatic heterocycles. The highest BCUT2D eigenvalue weighted by Crippen LogP contribution is 2.25. The summed E-state index contributed by atoms with van der Waals surface area (Å²) in [5.74, 6) is -3.93. The SMILES string of the molecule is CC(F)(F)c1cc(CCC(=O)O)ccn1. The van der Waals surface area contributed by atoms with E-state index in [1.165, 1.54) is 18.3 Å². The van der Waals surface area contributed by atoms with Gasteiger partial charge in [0.2, 0.25) is 0 Å². The summed E-state index contributed by atoms with van der Waals surface area (Å²) < 4.78 is 25.7. The van der Waals surface area contributed by atoms with Crippen LogP contribution in [0.5, 0.6) is 0 Å². The summed E-state index contributed by atoms with van der Waals surface area (Å²) in [6.45, 7) is 0.760. The number of pyridine rings is 1. The molecular formula is C10H11F2NO2. The Morgan fingerprint density at radius 2 is 2.27 bits per heavy atom. The maximum atomic E-state index is 12.9. The second-order valence-electron chi connectivity index (χ2n) is 3.33. The number of alkyl halides is 2. The zero-order chi connectivity index (χ0) is 11.5. The minimum Gasteiger partial charge on any atom is -0.481 e. The first-order valence-electron chi connectivity index (χ1n) is 4.44. The normalized spacial score (nSPS) is 11.4. The molecule has 0 saturated heterocycles. The average molecular weight is 215 g/mol. The van der Waals surface area contributed by atoms with Gasteiger partial charge in [-0.2, -0.15) is 8.78 Å². The van der Waals surface area contributed by atoms with Gasteiger partial charge in [-0.1, -0.05) is 0 Å². The highest BCUT2D eigenvalue weighted by molar-refractivity contribution is 5.67. The molecule has 3 nitrogen and oxygen atoms in total. The number of rotatable bonds is 4. The molecule has 5 heteroatoms. The Hall–Kier alpha value is -1.52. The summed E-state index contributed by atoms with van der Waals surface area (Å²) in [6.07, 6.45) is 1.43. The van der Waals surface area contributed by atoms with E-state index < -0.39 is 11.9 Å². The van der Waals surface area contributed by atoms with Crippen molar-refractivity contribution in [2.24, 2.45) is 0 Å². The predicted molar refractivity (Wildman–Crippen MR) is 49.8 cm³/mol. The Morgan fingerprint density at radius 1 is 1.60 bits per heavy atom. The lowest BCUT2D eigenvalue weighted by atomic mass is 10.1. The Morgan fingerprint density at radius 3 is 2.80 bits per heavy atom. The zero-order valence-electron chi connectivity index (χ0n) is 8.20. The van der Waals surface area contributed by atoms with Crippen molar-refractivity contribution in [3.8, 4) is 0 Å². The van der Waals surface area contributed by atoms with E-state index in [-0.39, 0.29) is 18.5 Å². The number of carboxylic acid groups (broad SMARTS) is 1. The average Bonchev–Trinajstić information content (AvgIpc) is 2.14. The van der Waals surface area contributed by atoms with Gasteiger partial charge >= 0.3 is 5.97 Å². The second kappa shape index (κ2) is 4.33. The van der Waals surface area contributed by atoms with Gasteiger partial charge in [0, 0.05) is 19.5 Å². The minimum absolute atomic E-state index is 0.0707. The quantitative estimate of drug-likeness (QED) is 0.837. The van der Waals surface area contributed by atoms with Crippen LogP contribution in [0.1, 0.15) is 24.6 Å². The number of aliphatic carboxylic acids is 1. The number of halogens is 2. The lowest BCUT2D eigenvalue weighted by Gasteiger charge is -2.10. The van der Waals surface area contributed by atoms with Gasteiger partial charge in [-0.3, -0.25) is 9.78 Å². The molecule has 0 radical (unpaired) electrons. The van der Waals surface area contributed by atoms with E-state index in [1.54, 1.807) is 0 Å². The second-order valence-corrected chi connectivity index (χ2v) is 3.33. The molecule has 1 N–H and O–H groups in total. The molecule has 0 unspecified atom stereocenters. The Bertz CT molecular complexity index is 361. The van der Waals surface area contributed by atoms with Crippen LogP contribution in [0, 0.1) is 0 Å². The van der Waals surface area contributed by atoms with E-state index in [2.05, 4.69) is 4.98 Å². The van der Waals surface area contributed by atoms with Crippen molar-refractivity contribution in [1.82, 2.24) is 4.98 Å². The zero-order valence-corrected chi connectivity index (χ0v) is 8.20. The molecule has 0 spiro atoms. The number of aryl methyl sites for hydroxylation is 1. The van der Waals surface area contributed by atoms with Crippen molar-refractivity contribution >= 4 is 5.97 Å². The lowest BCUT2D eigenvalue weighted by molar-refractivity contribution is -0.136. The van der Waals surface area contributed by atoms with Gasteiger partial charge in [0.25, 0.3) is 5.92 Å². The molecule has 0 atom stereocenters. The molecule has 1 heterocycles. The van der Waals surface area contributed by atoms with Crippen LogP contribution in [-0.2, 0) is 17.1 Å². The van der Waals surface area contributed by atoms with Gasteiger partial charge in [-0.05, 0) is 24.1 Å². The highest BCUT2D eigenvalue weighted by atomic mass is 19.3. The number of carboxylic acids is 1. The summed E-state index contributed by atoms with van der Waals surface area (Å²) in [6, 6.07) is 2.78. The van der Waals surface area contributed by atoms with Gasteiger partial charge < -0.3 is 5.11 Å². The van der Waals surface area contributed by atoms with Crippen LogP contribution in [0.15, 0.2) is 18.3 Å². The molecule has 82 valence electrons. The number of aromatic nitrogens is 1. The van der Waals surface area contributed by atoms with Crippen LogP contribution >= 0.6 is 0 Å². The first-order valence-corrected chi connectivity index (χ1v) is 4.44. The van der Waals surface area contributed by atoms with E-state index >= 15 is 0 Å². The first-order chi connectivity index (χ1) is 6.89. The Labute approximate surface area is 85.8 Å². The van der Waals surface area contributed by atoms with Gasteiger partial charge in [-0.25, -0.2) is 0 Å². The number of nitrogens with zero attached hydrogens (tertiary/aromatic N) is 1. The minimum atomic E-state index is -2.99. The highest BCUT2D eigenvalue weighted by Gasteiger charge is 2.25. The molecule has 0 aliphatic carbocycles.